The molecular weight excluding hydrogens is 180 g/mol. The van der Waals surface area contributed by atoms with Gasteiger partial charge in [-0.2, -0.15) is 8.78 Å². The molecule has 0 atom stereocenters. The topological polar surface area (TPSA) is 12.9 Å². The van der Waals surface area contributed by atoms with E-state index in [2.05, 4.69) is 4.98 Å². The van der Waals surface area contributed by atoms with E-state index in [0.717, 1.165) is 11.9 Å². The van der Waals surface area contributed by atoms with Crippen LogP contribution in [0.2, 0.25) is 0 Å². The number of rotatable bonds is 2. The summed E-state index contributed by atoms with van der Waals surface area (Å²) in [6, 6.07) is 0. The molecule has 4 heteroatoms. The summed E-state index contributed by atoms with van der Waals surface area (Å²) in [6.07, 6.45) is 0. The molecule has 0 saturated carbocycles. The van der Waals surface area contributed by atoms with E-state index in [1.54, 1.807) is 0 Å². The Hall–Kier alpha value is -0.510. The molecule has 1 aromatic heterocycles. The van der Waals surface area contributed by atoms with Crippen LogP contribution in [0.1, 0.15) is 37.4 Å². The van der Waals surface area contributed by atoms with Gasteiger partial charge in [0.05, 0.1) is 5.01 Å². The van der Waals surface area contributed by atoms with Crippen molar-refractivity contribution < 1.29 is 8.78 Å². The highest BCUT2D eigenvalue weighted by Gasteiger charge is 2.27. The average Bonchev–Trinajstić information content (AvgIpc) is 2.30. The SMILES string of the molecule is CC(C)c1nc(C(C)(F)F)cs1. The fourth-order valence-electron chi connectivity index (χ4n) is 0.754. The van der Waals surface area contributed by atoms with Crippen LogP contribution in [0.4, 0.5) is 8.78 Å². The van der Waals surface area contributed by atoms with Gasteiger partial charge in [-0.05, 0) is 0 Å². The Bertz CT molecular complexity index is 262. The van der Waals surface area contributed by atoms with Gasteiger partial charge >= 0.3 is 0 Å². The highest BCUT2D eigenvalue weighted by atomic mass is 32.1. The molecule has 0 aliphatic rings. The van der Waals surface area contributed by atoms with Crippen molar-refractivity contribution in [2.24, 2.45) is 0 Å². The molecule has 0 aliphatic carbocycles. The van der Waals surface area contributed by atoms with Crippen LogP contribution >= 0.6 is 11.3 Å². The summed E-state index contributed by atoms with van der Waals surface area (Å²) in [5.74, 6) is -2.57. The average molecular weight is 191 g/mol. The van der Waals surface area contributed by atoms with Crippen LogP contribution in [0.25, 0.3) is 0 Å². The van der Waals surface area contributed by atoms with E-state index in [9.17, 15) is 8.78 Å². The maximum absolute atomic E-state index is 12.7. The molecule has 0 fully saturated rings. The molecule has 0 radical (unpaired) electrons. The largest absolute Gasteiger partial charge is 0.287 e. The van der Waals surface area contributed by atoms with Gasteiger partial charge in [0.15, 0.2) is 0 Å². The van der Waals surface area contributed by atoms with E-state index in [0.29, 0.717) is 0 Å². The van der Waals surface area contributed by atoms with Gasteiger partial charge in [-0.1, -0.05) is 13.8 Å². The van der Waals surface area contributed by atoms with E-state index < -0.39 is 5.92 Å². The molecule has 12 heavy (non-hydrogen) atoms. The lowest BCUT2D eigenvalue weighted by atomic mass is 10.2. The van der Waals surface area contributed by atoms with Crippen molar-refractivity contribution >= 4 is 11.3 Å². The molecular formula is C8H11F2NS. The third-order valence-corrected chi connectivity index (χ3v) is 2.61. The van der Waals surface area contributed by atoms with E-state index in [1.165, 1.54) is 16.7 Å². The Kier molecular flexibility index (Phi) is 2.46. The first kappa shape index (κ1) is 9.58. The predicted molar refractivity (Wildman–Crippen MR) is 45.8 cm³/mol. The number of hydrogen-bond acceptors (Lipinski definition) is 2. The Morgan fingerprint density at radius 2 is 2.08 bits per heavy atom. The molecule has 0 spiro atoms. The molecule has 0 saturated heterocycles. The molecule has 0 unspecified atom stereocenters. The number of hydrogen-bond donors (Lipinski definition) is 0. The quantitative estimate of drug-likeness (QED) is 0.698. The van der Waals surface area contributed by atoms with Crippen LogP contribution in [0.15, 0.2) is 5.38 Å². The van der Waals surface area contributed by atoms with Crippen LogP contribution in [-0.2, 0) is 5.92 Å². The van der Waals surface area contributed by atoms with E-state index in [1.807, 2.05) is 13.8 Å². The van der Waals surface area contributed by atoms with Crippen molar-refractivity contribution in [3.05, 3.63) is 16.1 Å². The number of halogens is 2. The van der Waals surface area contributed by atoms with Crippen molar-refractivity contribution in [1.29, 1.82) is 0 Å². The van der Waals surface area contributed by atoms with Gasteiger partial charge in [0.25, 0.3) is 5.92 Å². The summed E-state index contributed by atoms with van der Waals surface area (Å²) in [5, 5.41) is 2.20. The minimum atomic E-state index is -2.80. The third kappa shape index (κ3) is 2.00. The van der Waals surface area contributed by atoms with Crippen molar-refractivity contribution in [3.8, 4) is 0 Å². The summed E-state index contributed by atoms with van der Waals surface area (Å²) in [7, 11) is 0. The standard InChI is InChI=1S/C8H11F2NS/c1-5(2)7-11-6(4-12-7)8(3,9)10/h4-5H,1-3H3. The highest BCUT2D eigenvalue weighted by Crippen LogP contribution is 2.30. The van der Waals surface area contributed by atoms with Gasteiger partial charge < -0.3 is 0 Å². The van der Waals surface area contributed by atoms with Crippen LogP contribution in [0.5, 0.6) is 0 Å². The molecule has 0 bridgehead atoms. The lowest BCUT2D eigenvalue weighted by Crippen LogP contribution is -2.07. The predicted octanol–water partition coefficient (Wildman–Crippen LogP) is 3.38. The maximum Gasteiger partial charge on any atom is 0.287 e. The minimum Gasteiger partial charge on any atom is -0.240 e. The van der Waals surface area contributed by atoms with E-state index >= 15 is 0 Å². The monoisotopic (exact) mass is 191 g/mol. The molecule has 1 nitrogen and oxygen atoms in total. The highest BCUT2D eigenvalue weighted by molar-refractivity contribution is 7.09. The van der Waals surface area contributed by atoms with Gasteiger partial charge in [-0.3, -0.25) is 0 Å². The molecule has 1 rings (SSSR count). The first-order chi connectivity index (χ1) is 5.41. The van der Waals surface area contributed by atoms with Crippen molar-refractivity contribution in [2.75, 3.05) is 0 Å². The lowest BCUT2D eigenvalue weighted by Gasteiger charge is -2.05. The number of alkyl halides is 2. The summed E-state index contributed by atoms with van der Waals surface area (Å²) in [6.45, 7) is 4.75. The number of aromatic nitrogens is 1. The summed E-state index contributed by atoms with van der Waals surface area (Å²) in [5.41, 5.74) is -0.115. The summed E-state index contributed by atoms with van der Waals surface area (Å²) < 4.78 is 25.4. The lowest BCUT2D eigenvalue weighted by molar-refractivity contribution is 0.0132. The zero-order valence-corrected chi connectivity index (χ0v) is 8.08. The van der Waals surface area contributed by atoms with Gasteiger partial charge in [-0.15, -0.1) is 11.3 Å². The van der Waals surface area contributed by atoms with Crippen LogP contribution in [0.3, 0.4) is 0 Å². The second-order valence-corrected chi connectivity index (χ2v) is 4.00. The second kappa shape index (κ2) is 3.09. The van der Waals surface area contributed by atoms with E-state index in [4.69, 9.17) is 0 Å². The van der Waals surface area contributed by atoms with Crippen LogP contribution in [0, 0.1) is 0 Å². The van der Waals surface area contributed by atoms with Gasteiger partial charge in [-0.25, -0.2) is 4.98 Å². The minimum absolute atomic E-state index is 0.115. The molecule has 0 aromatic carbocycles. The number of nitrogens with zero attached hydrogens (tertiary/aromatic N) is 1. The zero-order chi connectivity index (χ0) is 9.35. The second-order valence-electron chi connectivity index (χ2n) is 3.11. The fourth-order valence-corrected chi connectivity index (χ4v) is 1.67. The van der Waals surface area contributed by atoms with Crippen molar-refractivity contribution in [2.45, 2.75) is 32.6 Å². The van der Waals surface area contributed by atoms with E-state index in [-0.39, 0.29) is 11.6 Å². The van der Waals surface area contributed by atoms with Gasteiger partial charge in [0.1, 0.15) is 5.69 Å². The van der Waals surface area contributed by atoms with Crippen LogP contribution in [-0.4, -0.2) is 4.98 Å². The summed E-state index contributed by atoms with van der Waals surface area (Å²) >= 11 is 1.29. The zero-order valence-electron chi connectivity index (χ0n) is 7.27. The molecule has 1 heterocycles. The maximum atomic E-state index is 12.7. The number of thiazole rings is 1. The molecule has 1 aromatic rings. The smallest absolute Gasteiger partial charge is 0.240 e. The summed E-state index contributed by atoms with van der Waals surface area (Å²) in [4.78, 5) is 3.85. The first-order valence-electron chi connectivity index (χ1n) is 3.75. The van der Waals surface area contributed by atoms with Gasteiger partial charge in [0, 0.05) is 18.2 Å². The molecule has 0 amide bonds. The molecule has 0 N–H and O–H groups in total. The first-order valence-corrected chi connectivity index (χ1v) is 4.63. The van der Waals surface area contributed by atoms with Crippen LogP contribution < -0.4 is 0 Å². The Labute approximate surface area is 74.4 Å². The van der Waals surface area contributed by atoms with Crippen molar-refractivity contribution in [1.82, 2.24) is 4.98 Å². The molecule has 0 aliphatic heterocycles. The van der Waals surface area contributed by atoms with Crippen molar-refractivity contribution in [3.63, 3.8) is 0 Å². The molecule has 68 valence electrons. The fraction of sp³-hybridized carbons (Fsp3) is 0.625. The Morgan fingerprint density at radius 1 is 1.50 bits per heavy atom. The third-order valence-electron chi connectivity index (χ3n) is 1.47. The normalized spacial score (nSPS) is 12.5. The van der Waals surface area contributed by atoms with Gasteiger partial charge in [0.2, 0.25) is 0 Å². The Balaban J connectivity index is 2.92. The Morgan fingerprint density at radius 3 is 2.33 bits per heavy atom.